The first-order valence-corrected chi connectivity index (χ1v) is 17.3. The molecule has 0 unspecified atom stereocenters. The van der Waals surface area contributed by atoms with E-state index in [4.69, 9.17) is 0 Å². The van der Waals surface area contributed by atoms with E-state index in [1.54, 1.807) is 6.20 Å². The summed E-state index contributed by atoms with van der Waals surface area (Å²) in [5.41, 5.74) is 5.63. The molecule has 0 aliphatic carbocycles. The number of halogens is 3. The van der Waals surface area contributed by atoms with E-state index in [0.29, 0.717) is 38.4 Å². The Morgan fingerprint density at radius 1 is 0.760 bits per heavy atom. The van der Waals surface area contributed by atoms with E-state index >= 15 is 0 Å². The lowest BCUT2D eigenvalue weighted by molar-refractivity contribution is -0.138. The highest BCUT2D eigenvalue weighted by Crippen LogP contribution is 2.29. The number of piperidine rings is 1. The van der Waals surface area contributed by atoms with Crippen LogP contribution < -0.4 is 0 Å². The third-order valence-electron chi connectivity index (χ3n) is 9.50. The summed E-state index contributed by atoms with van der Waals surface area (Å²) in [5, 5.41) is 0. The van der Waals surface area contributed by atoms with Gasteiger partial charge in [-0.3, -0.25) is 9.78 Å². The van der Waals surface area contributed by atoms with Crippen LogP contribution in [-0.2, 0) is 36.8 Å². The van der Waals surface area contributed by atoms with Crippen molar-refractivity contribution in [2.24, 2.45) is 5.92 Å². The number of amides is 1. The van der Waals surface area contributed by atoms with Gasteiger partial charge in [0.15, 0.2) is 0 Å². The molecule has 1 fully saturated rings. The molecular formula is C43H42F3N3O. The monoisotopic (exact) mass is 673 g/mol. The first-order chi connectivity index (χ1) is 24.3. The third kappa shape index (κ3) is 9.50. The minimum Gasteiger partial charge on any atom is -0.361 e. The van der Waals surface area contributed by atoms with Crippen LogP contribution in [0.15, 0.2) is 146 Å². The number of carbonyl (C=O) groups is 1. The second-order valence-electron chi connectivity index (χ2n) is 13.1. The summed E-state index contributed by atoms with van der Waals surface area (Å²) in [6.45, 7) is 1.92. The fourth-order valence-electron chi connectivity index (χ4n) is 6.67. The highest BCUT2D eigenvalue weighted by atomic mass is 19.4. The van der Waals surface area contributed by atoms with Crippen molar-refractivity contribution in [3.63, 3.8) is 0 Å². The smallest absolute Gasteiger partial charge is 0.361 e. The van der Waals surface area contributed by atoms with E-state index < -0.39 is 17.8 Å². The van der Waals surface area contributed by atoms with Gasteiger partial charge < -0.3 is 9.80 Å². The van der Waals surface area contributed by atoms with E-state index in [1.807, 2.05) is 59.8 Å². The van der Waals surface area contributed by atoms with Gasteiger partial charge in [-0.25, -0.2) is 0 Å². The van der Waals surface area contributed by atoms with Gasteiger partial charge in [0, 0.05) is 38.4 Å². The van der Waals surface area contributed by atoms with Crippen molar-refractivity contribution in [1.29, 1.82) is 0 Å². The maximum Gasteiger partial charge on any atom is 0.416 e. The zero-order valence-electron chi connectivity index (χ0n) is 28.1. The van der Waals surface area contributed by atoms with Crippen LogP contribution in [0.5, 0.6) is 0 Å². The van der Waals surface area contributed by atoms with Crippen molar-refractivity contribution in [3.05, 3.63) is 174 Å². The van der Waals surface area contributed by atoms with Crippen LogP contribution in [0.3, 0.4) is 0 Å². The molecule has 1 atom stereocenters. The molecule has 0 N–H and O–H groups in total. The predicted octanol–water partition coefficient (Wildman–Crippen LogP) is 9.42. The fourth-order valence-corrected chi connectivity index (χ4v) is 6.67. The lowest BCUT2D eigenvalue weighted by Gasteiger charge is -2.38. The number of hydrogen-bond acceptors (Lipinski definition) is 3. The highest BCUT2D eigenvalue weighted by Gasteiger charge is 2.32. The van der Waals surface area contributed by atoms with E-state index in [-0.39, 0.29) is 5.91 Å². The SMILES string of the molecule is O=C([C@H](Cc1ccccc1)N(C=CCc1ccc(C(F)(F)F)cc1)Cc1ccc(-c2cccnc2)cc1)N1CCC(Cc2ccccc2)CC1. The van der Waals surface area contributed by atoms with Gasteiger partial charge in [-0.2, -0.15) is 13.2 Å². The topological polar surface area (TPSA) is 36.4 Å². The van der Waals surface area contributed by atoms with Crippen molar-refractivity contribution < 1.29 is 18.0 Å². The van der Waals surface area contributed by atoms with Crippen molar-refractivity contribution in [2.45, 2.75) is 50.9 Å². The van der Waals surface area contributed by atoms with Crippen LogP contribution in [0.4, 0.5) is 13.2 Å². The summed E-state index contributed by atoms with van der Waals surface area (Å²) in [7, 11) is 0. The van der Waals surface area contributed by atoms with Gasteiger partial charge in [0.05, 0.1) is 5.56 Å². The largest absolute Gasteiger partial charge is 0.416 e. The predicted molar refractivity (Wildman–Crippen MR) is 193 cm³/mol. The summed E-state index contributed by atoms with van der Waals surface area (Å²) >= 11 is 0. The molecule has 5 aromatic rings. The molecule has 1 aromatic heterocycles. The Labute approximate surface area is 292 Å². The molecule has 1 amide bonds. The molecule has 6 rings (SSSR count). The normalized spacial score (nSPS) is 14.5. The summed E-state index contributed by atoms with van der Waals surface area (Å²) < 4.78 is 39.5. The molecule has 0 bridgehead atoms. The minimum atomic E-state index is -4.38. The molecule has 4 nitrogen and oxygen atoms in total. The average Bonchev–Trinajstić information content (AvgIpc) is 3.15. The average molecular weight is 674 g/mol. The molecule has 2 heterocycles. The summed E-state index contributed by atoms with van der Waals surface area (Å²) in [5.74, 6) is 0.630. The molecule has 1 aliphatic rings. The van der Waals surface area contributed by atoms with E-state index in [0.717, 1.165) is 59.2 Å². The number of alkyl halides is 3. The Hall–Kier alpha value is -5.17. The van der Waals surface area contributed by atoms with Crippen LogP contribution in [0.1, 0.15) is 40.7 Å². The molecule has 1 aliphatic heterocycles. The van der Waals surface area contributed by atoms with E-state index in [2.05, 4.69) is 70.5 Å². The summed E-state index contributed by atoms with van der Waals surface area (Å²) in [4.78, 5) is 22.9. The number of benzene rings is 4. The Morgan fingerprint density at radius 3 is 2.02 bits per heavy atom. The maximum atomic E-state index is 14.5. The van der Waals surface area contributed by atoms with Crippen molar-refractivity contribution in [2.75, 3.05) is 13.1 Å². The Balaban J connectivity index is 1.24. The lowest BCUT2D eigenvalue weighted by atomic mass is 9.89. The number of pyridine rings is 1. The Morgan fingerprint density at radius 2 is 1.40 bits per heavy atom. The standard InChI is InChI=1S/C43H42F3N3O/c44-43(45,46)40-21-17-33(18-22-40)13-8-26-49(32-37-15-19-38(20-16-37)39-14-7-25-47-31-39)41(30-35-11-5-2-6-12-35)42(50)48-27-23-36(24-28-48)29-34-9-3-1-4-10-34/h1-12,14-22,25-26,31,36,41H,13,23-24,27-30,32H2/t41-/m0/s1. The Bertz CT molecular complexity index is 1800. The minimum absolute atomic E-state index is 0.0955. The van der Waals surface area contributed by atoms with Crippen LogP contribution in [0.2, 0.25) is 0 Å². The summed E-state index contributed by atoms with van der Waals surface area (Å²) in [6, 6.07) is 37.7. The molecular weight excluding hydrogens is 631 g/mol. The van der Waals surface area contributed by atoms with Crippen molar-refractivity contribution in [3.8, 4) is 11.1 Å². The molecule has 256 valence electrons. The molecule has 50 heavy (non-hydrogen) atoms. The third-order valence-corrected chi connectivity index (χ3v) is 9.50. The van der Waals surface area contributed by atoms with Gasteiger partial charge in [-0.05, 0) is 89.4 Å². The van der Waals surface area contributed by atoms with Gasteiger partial charge in [0.2, 0.25) is 5.91 Å². The number of hydrogen-bond donors (Lipinski definition) is 0. The first kappa shape index (κ1) is 34.7. The molecule has 4 aromatic carbocycles. The van der Waals surface area contributed by atoms with Crippen LogP contribution in [0.25, 0.3) is 11.1 Å². The molecule has 7 heteroatoms. The lowest BCUT2D eigenvalue weighted by Crippen LogP contribution is -2.50. The second kappa shape index (κ2) is 16.5. The number of carbonyl (C=O) groups excluding carboxylic acids is 1. The Kier molecular flexibility index (Phi) is 11.4. The quantitative estimate of drug-likeness (QED) is 0.132. The zero-order valence-corrected chi connectivity index (χ0v) is 28.1. The summed E-state index contributed by atoms with van der Waals surface area (Å²) in [6.07, 6.45) is 7.02. The number of aromatic nitrogens is 1. The van der Waals surface area contributed by atoms with E-state index in [9.17, 15) is 18.0 Å². The van der Waals surface area contributed by atoms with Crippen LogP contribution in [0, 0.1) is 5.92 Å². The second-order valence-corrected chi connectivity index (χ2v) is 13.1. The molecule has 1 saturated heterocycles. The maximum absolute atomic E-state index is 14.5. The van der Waals surface area contributed by atoms with E-state index in [1.165, 1.54) is 17.7 Å². The number of rotatable bonds is 12. The number of allylic oxidation sites excluding steroid dienone is 1. The highest BCUT2D eigenvalue weighted by molar-refractivity contribution is 5.82. The molecule has 0 saturated carbocycles. The van der Waals surface area contributed by atoms with Crippen LogP contribution >= 0.6 is 0 Å². The van der Waals surface area contributed by atoms with Gasteiger partial charge in [-0.1, -0.05) is 109 Å². The fraction of sp³-hybridized carbons (Fsp3) is 0.256. The number of nitrogens with zero attached hydrogens (tertiary/aromatic N) is 3. The van der Waals surface area contributed by atoms with Crippen molar-refractivity contribution in [1.82, 2.24) is 14.8 Å². The zero-order chi connectivity index (χ0) is 34.8. The first-order valence-electron chi connectivity index (χ1n) is 17.3. The van der Waals surface area contributed by atoms with Crippen LogP contribution in [-0.4, -0.2) is 39.8 Å². The van der Waals surface area contributed by atoms with Gasteiger partial charge in [0.1, 0.15) is 6.04 Å². The van der Waals surface area contributed by atoms with Gasteiger partial charge >= 0.3 is 6.18 Å². The van der Waals surface area contributed by atoms with Gasteiger partial charge in [0.25, 0.3) is 0 Å². The number of likely N-dealkylation sites (tertiary alicyclic amines) is 1. The molecule has 0 radical (unpaired) electrons. The molecule has 0 spiro atoms. The van der Waals surface area contributed by atoms with Gasteiger partial charge in [-0.15, -0.1) is 0 Å². The van der Waals surface area contributed by atoms with Crippen molar-refractivity contribution >= 4 is 5.91 Å².